The third kappa shape index (κ3) is 2.82. The van der Waals surface area contributed by atoms with Crippen LogP contribution in [0.2, 0.25) is 0 Å². The second kappa shape index (κ2) is 5.77. The number of nitrogens with one attached hydrogen (secondary N) is 1. The van der Waals surface area contributed by atoms with Crippen LogP contribution in [0.4, 0.5) is 0 Å². The van der Waals surface area contributed by atoms with E-state index in [2.05, 4.69) is 29.4 Å². The first-order valence-electron chi connectivity index (χ1n) is 6.37. The number of hydrogen-bond donors (Lipinski definition) is 1. The Morgan fingerprint density at radius 2 is 2.18 bits per heavy atom. The van der Waals surface area contributed by atoms with Crippen LogP contribution in [0.3, 0.4) is 0 Å². The minimum Gasteiger partial charge on any atom is -0.307 e. The SMILES string of the molecule is CCCC(CC)NCc1nnc2ccccn12. The summed E-state index contributed by atoms with van der Waals surface area (Å²) in [5.74, 6) is 0.982. The van der Waals surface area contributed by atoms with Crippen molar-refractivity contribution >= 4 is 5.65 Å². The van der Waals surface area contributed by atoms with Gasteiger partial charge in [-0.1, -0.05) is 26.3 Å². The van der Waals surface area contributed by atoms with Crippen LogP contribution in [0, 0.1) is 0 Å². The van der Waals surface area contributed by atoms with Crippen molar-refractivity contribution in [3.8, 4) is 0 Å². The Balaban J connectivity index is 2.03. The maximum Gasteiger partial charge on any atom is 0.160 e. The van der Waals surface area contributed by atoms with Gasteiger partial charge in [0.15, 0.2) is 11.5 Å². The van der Waals surface area contributed by atoms with Gasteiger partial charge in [-0.2, -0.15) is 0 Å². The maximum absolute atomic E-state index is 4.21. The summed E-state index contributed by atoms with van der Waals surface area (Å²) in [6.45, 7) is 5.22. The van der Waals surface area contributed by atoms with Crippen molar-refractivity contribution in [3.05, 3.63) is 30.2 Å². The molecule has 2 aromatic heterocycles. The summed E-state index contributed by atoms with van der Waals surface area (Å²) in [7, 11) is 0. The van der Waals surface area contributed by atoms with Crippen molar-refractivity contribution in [1.29, 1.82) is 0 Å². The lowest BCUT2D eigenvalue weighted by Gasteiger charge is -2.14. The lowest BCUT2D eigenvalue weighted by atomic mass is 10.1. The Morgan fingerprint density at radius 3 is 2.94 bits per heavy atom. The molecule has 2 rings (SSSR count). The number of pyridine rings is 1. The molecule has 17 heavy (non-hydrogen) atoms. The van der Waals surface area contributed by atoms with E-state index < -0.39 is 0 Å². The molecule has 0 aliphatic carbocycles. The van der Waals surface area contributed by atoms with Gasteiger partial charge >= 0.3 is 0 Å². The van der Waals surface area contributed by atoms with Crippen LogP contribution >= 0.6 is 0 Å². The molecule has 2 heterocycles. The van der Waals surface area contributed by atoms with Gasteiger partial charge in [-0.3, -0.25) is 4.40 Å². The molecule has 0 spiro atoms. The second-order valence-corrected chi connectivity index (χ2v) is 4.32. The van der Waals surface area contributed by atoms with Crippen molar-refractivity contribution in [3.63, 3.8) is 0 Å². The van der Waals surface area contributed by atoms with Gasteiger partial charge in [0.05, 0.1) is 6.54 Å². The molecule has 0 aliphatic heterocycles. The molecular formula is C13H20N4. The standard InChI is InChI=1S/C13H20N4/c1-3-7-11(4-2)14-10-13-16-15-12-8-5-6-9-17(12)13/h5-6,8-9,11,14H,3-4,7,10H2,1-2H3. The number of nitrogens with zero attached hydrogens (tertiary/aromatic N) is 3. The second-order valence-electron chi connectivity index (χ2n) is 4.32. The molecule has 0 radical (unpaired) electrons. The molecule has 0 aromatic carbocycles. The Labute approximate surface area is 102 Å². The molecule has 1 unspecified atom stereocenters. The Hall–Kier alpha value is -1.42. The summed E-state index contributed by atoms with van der Waals surface area (Å²) >= 11 is 0. The van der Waals surface area contributed by atoms with Gasteiger partial charge in [-0.15, -0.1) is 10.2 Å². The van der Waals surface area contributed by atoms with Crippen LogP contribution in [-0.2, 0) is 6.54 Å². The molecule has 0 saturated heterocycles. The van der Waals surface area contributed by atoms with Gasteiger partial charge in [0.25, 0.3) is 0 Å². The Kier molecular flexibility index (Phi) is 4.09. The topological polar surface area (TPSA) is 42.2 Å². The van der Waals surface area contributed by atoms with E-state index in [9.17, 15) is 0 Å². The van der Waals surface area contributed by atoms with Crippen LogP contribution in [-0.4, -0.2) is 20.6 Å². The molecule has 92 valence electrons. The van der Waals surface area contributed by atoms with Gasteiger partial charge in [0.1, 0.15) is 0 Å². The van der Waals surface area contributed by atoms with Gasteiger partial charge in [-0.25, -0.2) is 0 Å². The summed E-state index contributed by atoms with van der Waals surface area (Å²) in [6, 6.07) is 6.53. The fourth-order valence-corrected chi connectivity index (χ4v) is 2.05. The van der Waals surface area contributed by atoms with Gasteiger partial charge in [-0.05, 0) is 25.0 Å². The average molecular weight is 232 g/mol. The normalized spacial score (nSPS) is 13.1. The first kappa shape index (κ1) is 12.0. The van der Waals surface area contributed by atoms with Crippen LogP contribution in [0.15, 0.2) is 24.4 Å². The largest absolute Gasteiger partial charge is 0.307 e. The number of hydrogen-bond acceptors (Lipinski definition) is 3. The van der Waals surface area contributed by atoms with E-state index in [-0.39, 0.29) is 0 Å². The predicted molar refractivity (Wildman–Crippen MR) is 68.8 cm³/mol. The molecule has 0 amide bonds. The van der Waals surface area contributed by atoms with Gasteiger partial charge in [0.2, 0.25) is 0 Å². The fraction of sp³-hybridized carbons (Fsp3) is 0.538. The minimum atomic E-state index is 0.580. The zero-order chi connectivity index (χ0) is 12.1. The van der Waals surface area contributed by atoms with Crippen molar-refractivity contribution < 1.29 is 0 Å². The molecule has 0 bridgehead atoms. The minimum absolute atomic E-state index is 0.580. The highest BCUT2D eigenvalue weighted by Gasteiger charge is 2.08. The zero-order valence-corrected chi connectivity index (χ0v) is 10.6. The quantitative estimate of drug-likeness (QED) is 0.831. The highest BCUT2D eigenvalue weighted by atomic mass is 15.3. The van der Waals surface area contributed by atoms with E-state index >= 15 is 0 Å². The molecule has 1 atom stereocenters. The molecule has 4 heteroatoms. The monoisotopic (exact) mass is 232 g/mol. The van der Waals surface area contributed by atoms with Gasteiger partial charge in [0, 0.05) is 12.2 Å². The molecule has 0 saturated carbocycles. The smallest absolute Gasteiger partial charge is 0.160 e. The van der Waals surface area contributed by atoms with Crippen molar-refractivity contribution in [2.45, 2.75) is 45.7 Å². The van der Waals surface area contributed by atoms with E-state index in [0.29, 0.717) is 6.04 Å². The summed E-state index contributed by atoms with van der Waals surface area (Å²) in [5.41, 5.74) is 0.910. The summed E-state index contributed by atoms with van der Waals surface area (Å²) in [6.07, 6.45) is 5.59. The molecule has 0 fully saturated rings. The van der Waals surface area contributed by atoms with Crippen molar-refractivity contribution in [1.82, 2.24) is 19.9 Å². The Morgan fingerprint density at radius 1 is 1.29 bits per heavy atom. The molecular weight excluding hydrogens is 212 g/mol. The highest BCUT2D eigenvalue weighted by Crippen LogP contribution is 2.05. The van der Waals surface area contributed by atoms with E-state index in [1.54, 1.807) is 0 Å². The summed E-state index contributed by atoms with van der Waals surface area (Å²) in [5, 5.41) is 11.9. The van der Waals surface area contributed by atoms with Crippen LogP contribution < -0.4 is 5.32 Å². The van der Waals surface area contributed by atoms with E-state index in [0.717, 1.165) is 24.4 Å². The molecule has 0 aliphatic rings. The zero-order valence-electron chi connectivity index (χ0n) is 10.6. The average Bonchev–Trinajstić information content (AvgIpc) is 2.78. The lowest BCUT2D eigenvalue weighted by molar-refractivity contribution is 0.455. The van der Waals surface area contributed by atoms with Crippen molar-refractivity contribution in [2.75, 3.05) is 0 Å². The summed E-state index contributed by atoms with van der Waals surface area (Å²) in [4.78, 5) is 0. The van der Waals surface area contributed by atoms with E-state index in [4.69, 9.17) is 0 Å². The van der Waals surface area contributed by atoms with E-state index in [1.165, 1.54) is 12.8 Å². The predicted octanol–water partition coefficient (Wildman–Crippen LogP) is 2.40. The van der Waals surface area contributed by atoms with Gasteiger partial charge < -0.3 is 5.32 Å². The first-order chi connectivity index (χ1) is 8.35. The Bertz CT molecular complexity index is 463. The lowest BCUT2D eigenvalue weighted by Crippen LogP contribution is -2.28. The number of aromatic nitrogens is 3. The first-order valence-corrected chi connectivity index (χ1v) is 6.37. The van der Waals surface area contributed by atoms with Crippen molar-refractivity contribution in [2.24, 2.45) is 0 Å². The number of fused-ring (bicyclic) bond motifs is 1. The van der Waals surface area contributed by atoms with Crippen LogP contribution in [0.1, 0.15) is 38.9 Å². The molecule has 4 nitrogen and oxygen atoms in total. The third-order valence-corrected chi connectivity index (χ3v) is 3.06. The van der Waals surface area contributed by atoms with Crippen LogP contribution in [0.25, 0.3) is 5.65 Å². The highest BCUT2D eigenvalue weighted by molar-refractivity contribution is 5.36. The maximum atomic E-state index is 4.21. The summed E-state index contributed by atoms with van der Waals surface area (Å²) < 4.78 is 2.03. The molecule has 1 N–H and O–H groups in total. The van der Waals surface area contributed by atoms with E-state index in [1.807, 2.05) is 28.8 Å². The molecule has 2 aromatic rings. The number of rotatable bonds is 6. The third-order valence-electron chi connectivity index (χ3n) is 3.06. The van der Waals surface area contributed by atoms with Crippen LogP contribution in [0.5, 0.6) is 0 Å². The fourth-order valence-electron chi connectivity index (χ4n) is 2.05.